The predicted molar refractivity (Wildman–Crippen MR) is 86.3 cm³/mol. The Bertz CT molecular complexity index is 896. The van der Waals surface area contributed by atoms with Crippen LogP contribution in [-0.4, -0.2) is 15.2 Å². The summed E-state index contributed by atoms with van der Waals surface area (Å²) in [6.45, 7) is 1.76. The zero-order valence-electron chi connectivity index (χ0n) is 12.6. The van der Waals surface area contributed by atoms with Crippen molar-refractivity contribution < 1.29 is 26.3 Å². The summed E-state index contributed by atoms with van der Waals surface area (Å²) in [5.41, 5.74) is -2.95. The molecule has 0 unspecified atom stereocenters. The van der Waals surface area contributed by atoms with E-state index in [9.17, 15) is 26.3 Å². The number of alkyl halides is 6. The molecule has 0 fully saturated rings. The first-order chi connectivity index (χ1) is 12.0. The SMILES string of the molecule is Cc1nnc(Sc2nc(-c3cc(C(F)(F)F)cc(C(F)(F)F)c3)cs2)s1. The van der Waals surface area contributed by atoms with Gasteiger partial charge in [-0.15, -0.1) is 21.5 Å². The van der Waals surface area contributed by atoms with Crippen LogP contribution in [0.1, 0.15) is 16.1 Å². The molecule has 1 aromatic carbocycles. The third kappa shape index (κ3) is 4.35. The zero-order valence-corrected chi connectivity index (χ0v) is 15.1. The van der Waals surface area contributed by atoms with E-state index in [1.165, 1.54) is 16.7 Å². The fourth-order valence-corrected chi connectivity index (χ4v) is 4.77. The largest absolute Gasteiger partial charge is 0.416 e. The van der Waals surface area contributed by atoms with Gasteiger partial charge in [0.05, 0.1) is 16.8 Å². The maximum atomic E-state index is 12.9. The van der Waals surface area contributed by atoms with Crippen LogP contribution >= 0.6 is 34.4 Å². The Labute approximate surface area is 155 Å². The van der Waals surface area contributed by atoms with Crippen molar-refractivity contribution in [1.29, 1.82) is 0 Å². The van der Waals surface area contributed by atoms with Crippen molar-refractivity contribution in [3.8, 4) is 11.3 Å². The number of benzene rings is 1. The number of aromatic nitrogens is 3. The number of hydrogen-bond donors (Lipinski definition) is 0. The second-order valence-electron chi connectivity index (χ2n) is 4.98. The highest BCUT2D eigenvalue weighted by atomic mass is 32.2. The molecule has 3 nitrogen and oxygen atoms in total. The minimum atomic E-state index is -4.90. The Morgan fingerprint density at radius 1 is 0.885 bits per heavy atom. The van der Waals surface area contributed by atoms with Gasteiger partial charge in [0.25, 0.3) is 0 Å². The van der Waals surface area contributed by atoms with Crippen LogP contribution in [0, 0.1) is 6.92 Å². The summed E-state index contributed by atoms with van der Waals surface area (Å²) < 4.78 is 78.7. The first-order valence-electron chi connectivity index (χ1n) is 6.76. The molecule has 0 aliphatic carbocycles. The van der Waals surface area contributed by atoms with Crippen LogP contribution in [-0.2, 0) is 12.4 Å². The first-order valence-corrected chi connectivity index (χ1v) is 9.27. The monoisotopic (exact) mass is 427 g/mol. The molecule has 2 heterocycles. The van der Waals surface area contributed by atoms with Gasteiger partial charge in [0.1, 0.15) is 5.01 Å². The Hall–Kier alpha value is -1.66. The van der Waals surface area contributed by atoms with E-state index < -0.39 is 23.5 Å². The van der Waals surface area contributed by atoms with E-state index in [1.807, 2.05) is 0 Å². The average Bonchev–Trinajstić information content (AvgIpc) is 3.15. The minimum absolute atomic E-state index is 0.0373. The Morgan fingerprint density at radius 2 is 1.50 bits per heavy atom. The van der Waals surface area contributed by atoms with Crippen molar-refractivity contribution in [2.45, 2.75) is 28.0 Å². The molecule has 138 valence electrons. The Kier molecular flexibility index (Phi) is 5.01. The third-order valence-corrected chi connectivity index (χ3v) is 5.88. The van der Waals surface area contributed by atoms with E-state index in [2.05, 4.69) is 15.2 Å². The van der Waals surface area contributed by atoms with E-state index >= 15 is 0 Å². The molecule has 0 saturated carbocycles. The first kappa shape index (κ1) is 19.1. The van der Waals surface area contributed by atoms with E-state index in [0.29, 0.717) is 20.8 Å². The third-order valence-electron chi connectivity index (χ3n) is 3.05. The summed E-state index contributed by atoms with van der Waals surface area (Å²) in [4.78, 5) is 4.12. The summed E-state index contributed by atoms with van der Waals surface area (Å²) in [5, 5.41) is 9.86. The van der Waals surface area contributed by atoms with Crippen molar-refractivity contribution >= 4 is 34.4 Å². The molecule has 0 saturated heterocycles. The summed E-state index contributed by atoms with van der Waals surface area (Å²) in [6.07, 6.45) is -9.79. The lowest BCUT2D eigenvalue weighted by Gasteiger charge is -2.13. The fraction of sp³-hybridized carbons (Fsp3) is 0.214. The quantitative estimate of drug-likeness (QED) is 0.470. The molecule has 3 aromatic rings. The number of aryl methyl sites for hydroxylation is 1. The maximum absolute atomic E-state index is 12.9. The van der Waals surface area contributed by atoms with Crippen molar-refractivity contribution in [2.75, 3.05) is 0 Å². The van der Waals surface area contributed by atoms with Gasteiger partial charge in [-0.2, -0.15) is 26.3 Å². The summed E-state index contributed by atoms with van der Waals surface area (Å²) in [7, 11) is 0. The molecule has 0 spiro atoms. The number of rotatable bonds is 3. The van der Waals surface area contributed by atoms with Crippen molar-refractivity contribution in [3.05, 3.63) is 39.7 Å². The molecule has 3 rings (SSSR count). The van der Waals surface area contributed by atoms with Crippen LogP contribution in [0.5, 0.6) is 0 Å². The molecule has 0 atom stereocenters. The standard InChI is InChI=1S/C14H7F6N3S3/c1-6-22-23-12(25-6)26-11-21-10(5-24-11)7-2-8(13(15,16)17)4-9(3-7)14(18,19)20/h2-5H,1H3. The van der Waals surface area contributed by atoms with Crippen LogP contribution in [0.25, 0.3) is 11.3 Å². The van der Waals surface area contributed by atoms with Gasteiger partial charge in [-0.1, -0.05) is 11.3 Å². The molecule has 0 aliphatic rings. The van der Waals surface area contributed by atoms with Crippen LogP contribution < -0.4 is 0 Å². The lowest BCUT2D eigenvalue weighted by Crippen LogP contribution is -2.11. The van der Waals surface area contributed by atoms with Gasteiger partial charge in [0.15, 0.2) is 8.68 Å². The van der Waals surface area contributed by atoms with E-state index in [-0.39, 0.29) is 17.3 Å². The Balaban J connectivity index is 1.98. The normalized spacial score (nSPS) is 12.6. The molecule has 0 radical (unpaired) electrons. The molecule has 2 aromatic heterocycles. The van der Waals surface area contributed by atoms with Gasteiger partial charge in [0.2, 0.25) is 0 Å². The number of halogens is 6. The van der Waals surface area contributed by atoms with Gasteiger partial charge in [-0.3, -0.25) is 0 Å². The number of hydrogen-bond acceptors (Lipinski definition) is 6. The van der Waals surface area contributed by atoms with Gasteiger partial charge in [0, 0.05) is 10.9 Å². The van der Waals surface area contributed by atoms with Crippen LogP contribution in [0.15, 0.2) is 32.3 Å². The van der Waals surface area contributed by atoms with Crippen molar-refractivity contribution in [2.24, 2.45) is 0 Å². The van der Waals surface area contributed by atoms with Crippen LogP contribution in [0.3, 0.4) is 0 Å². The molecule has 12 heteroatoms. The minimum Gasteiger partial charge on any atom is -0.229 e. The van der Waals surface area contributed by atoms with Gasteiger partial charge >= 0.3 is 12.4 Å². The zero-order chi connectivity index (χ0) is 19.1. The summed E-state index contributed by atoms with van der Waals surface area (Å²) >= 11 is 3.56. The molecule has 0 aliphatic heterocycles. The highest BCUT2D eigenvalue weighted by Crippen LogP contribution is 2.40. The van der Waals surface area contributed by atoms with Crippen molar-refractivity contribution in [3.63, 3.8) is 0 Å². The molecule has 26 heavy (non-hydrogen) atoms. The highest BCUT2D eigenvalue weighted by molar-refractivity contribution is 8.02. The Morgan fingerprint density at radius 3 is 2.00 bits per heavy atom. The average molecular weight is 427 g/mol. The second-order valence-corrected chi connectivity index (χ2v) is 8.52. The molecule has 0 N–H and O–H groups in total. The molecular formula is C14H7F6N3S3. The van der Waals surface area contributed by atoms with E-state index in [0.717, 1.165) is 28.1 Å². The van der Waals surface area contributed by atoms with Crippen LogP contribution in [0.2, 0.25) is 0 Å². The lowest BCUT2D eigenvalue weighted by molar-refractivity contribution is -0.143. The molecule has 0 bridgehead atoms. The van der Waals surface area contributed by atoms with E-state index in [1.54, 1.807) is 6.92 Å². The van der Waals surface area contributed by atoms with Gasteiger partial charge in [-0.25, -0.2) is 4.98 Å². The second kappa shape index (κ2) is 6.82. The fourth-order valence-electron chi connectivity index (χ4n) is 1.93. The van der Waals surface area contributed by atoms with Crippen LogP contribution in [0.4, 0.5) is 26.3 Å². The van der Waals surface area contributed by atoms with Gasteiger partial charge < -0.3 is 0 Å². The van der Waals surface area contributed by atoms with E-state index in [4.69, 9.17) is 0 Å². The number of thiazole rings is 1. The smallest absolute Gasteiger partial charge is 0.229 e. The maximum Gasteiger partial charge on any atom is 0.416 e. The summed E-state index contributed by atoms with van der Waals surface area (Å²) in [5.74, 6) is 0. The van der Waals surface area contributed by atoms with Gasteiger partial charge in [-0.05, 0) is 36.9 Å². The highest BCUT2D eigenvalue weighted by Gasteiger charge is 2.37. The number of nitrogens with zero attached hydrogens (tertiary/aromatic N) is 3. The molecule has 0 amide bonds. The van der Waals surface area contributed by atoms with Crippen molar-refractivity contribution in [1.82, 2.24) is 15.2 Å². The predicted octanol–water partition coefficient (Wildman–Crippen LogP) is 6.16. The molecular weight excluding hydrogens is 420 g/mol. The lowest BCUT2D eigenvalue weighted by atomic mass is 10.0. The topological polar surface area (TPSA) is 38.7 Å². The summed E-state index contributed by atoms with van der Waals surface area (Å²) in [6, 6.07) is 1.41.